The molecule has 0 fully saturated rings. The largest absolute Gasteiger partial charge is 0.495 e. The van der Waals surface area contributed by atoms with Gasteiger partial charge in [-0.3, -0.25) is 9.93 Å². The van der Waals surface area contributed by atoms with Gasteiger partial charge in [0.15, 0.2) is 0 Å². The SMILES string of the molecule is COc1cc(SN)ccc1NCC#CC1Cc2c(NCC(N)=O)cccc2N1CC(F)(F)F. The third-order valence-electron chi connectivity index (χ3n) is 4.98. The highest BCUT2D eigenvalue weighted by atomic mass is 32.2. The first-order valence-electron chi connectivity index (χ1n) is 9.96. The topological polar surface area (TPSA) is 106 Å². The molecular formula is C22H24F3N5O2S. The number of alkyl halides is 3. The van der Waals surface area contributed by atoms with Gasteiger partial charge in [0.2, 0.25) is 5.91 Å². The van der Waals surface area contributed by atoms with E-state index in [9.17, 15) is 18.0 Å². The van der Waals surface area contributed by atoms with E-state index in [1.807, 2.05) is 6.07 Å². The zero-order valence-electron chi connectivity index (χ0n) is 17.8. The molecule has 2 aromatic carbocycles. The predicted molar refractivity (Wildman–Crippen MR) is 124 cm³/mol. The molecule has 6 N–H and O–H groups in total. The maximum atomic E-state index is 13.3. The first kappa shape index (κ1) is 24.4. The van der Waals surface area contributed by atoms with Crippen LogP contribution in [0.4, 0.5) is 30.2 Å². The van der Waals surface area contributed by atoms with E-state index in [1.165, 1.54) is 12.0 Å². The molecule has 7 nitrogen and oxygen atoms in total. The van der Waals surface area contributed by atoms with Crippen LogP contribution in [0.1, 0.15) is 5.56 Å². The maximum absolute atomic E-state index is 13.3. The maximum Gasteiger partial charge on any atom is 0.405 e. The van der Waals surface area contributed by atoms with Crippen molar-refractivity contribution >= 4 is 34.9 Å². The number of amides is 1. The number of hydrogen-bond donors (Lipinski definition) is 4. The molecule has 0 bridgehead atoms. The monoisotopic (exact) mass is 479 g/mol. The van der Waals surface area contributed by atoms with Crippen LogP contribution >= 0.6 is 11.9 Å². The van der Waals surface area contributed by atoms with Crippen LogP contribution in [0.3, 0.4) is 0 Å². The van der Waals surface area contributed by atoms with Crippen LogP contribution in [-0.2, 0) is 11.2 Å². The molecule has 33 heavy (non-hydrogen) atoms. The Morgan fingerprint density at radius 1 is 1.27 bits per heavy atom. The van der Waals surface area contributed by atoms with Gasteiger partial charge in [-0.25, -0.2) is 0 Å². The van der Waals surface area contributed by atoms with Crippen molar-refractivity contribution in [3.63, 3.8) is 0 Å². The number of nitrogens with one attached hydrogen (secondary N) is 2. The Morgan fingerprint density at radius 2 is 2.06 bits per heavy atom. The van der Waals surface area contributed by atoms with Gasteiger partial charge in [-0.15, -0.1) is 0 Å². The van der Waals surface area contributed by atoms with E-state index >= 15 is 0 Å². The van der Waals surface area contributed by atoms with Crippen LogP contribution in [-0.4, -0.2) is 44.9 Å². The number of nitrogens with zero attached hydrogens (tertiary/aromatic N) is 1. The third kappa shape index (κ3) is 6.40. The number of rotatable bonds is 8. The van der Waals surface area contributed by atoms with Crippen molar-refractivity contribution in [1.82, 2.24) is 0 Å². The summed E-state index contributed by atoms with van der Waals surface area (Å²) in [5.41, 5.74) is 7.56. The first-order valence-corrected chi connectivity index (χ1v) is 10.8. The summed E-state index contributed by atoms with van der Waals surface area (Å²) in [7, 11) is 1.53. The highest BCUT2D eigenvalue weighted by Crippen LogP contribution is 2.38. The van der Waals surface area contributed by atoms with E-state index in [4.69, 9.17) is 15.6 Å². The Kier molecular flexibility index (Phi) is 7.84. The van der Waals surface area contributed by atoms with Crippen LogP contribution in [0.25, 0.3) is 0 Å². The average molecular weight is 480 g/mol. The minimum Gasteiger partial charge on any atom is -0.495 e. The third-order valence-corrected chi connectivity index (χ3v) is 5.51. The lowest BCUT2D eigenvalue weighted by atomic mass is 10.1. The summed E-state index contributed by atoms with van der Waals surface area (Å²) in [6, 6.07) is 9.70. The van der Waals surface area contributed by atoms with E-state index in [1.54, 1.807) is 30.3 Å². The Balaban J connectivity index is 1.77. The zero-order valence-corrected chi connectivity index (χ0v) is 18.6. The zero-order chi connectivity index (χ0) is 24.0. The quantitative estimate of drug-likeness (QED) is 0.341. The second-order valence-corrected chi connectivity index (χ2v) is 7.95. The number of benzene rings is 2. The molecule has 0 aromatic heterocycles. The van der Waals surface area contributed by atoms with Crippen molar-refractivity contribution in [2.24, 2.45) is 10.9 Å². The van der Waals surface area contributed by atoms with Gasteiger partial charge in [0.25, 0.3) is 0 Å². The minimum atomic E-state index is -4.40. The molecule has 2 aromatic rings. The van der Waals surface area contributed by atoms with E-state index in [0.29, 0.717) is 28.4 Å². The molecule has 176 valence electrons. The number of halogens is 3. The van der Waals surface area contributed by atoms with Gasteiger partial charge in [-0.05, 0) is 42.3 Å². The van der Waals surface area contributed by atoms with Gasteiger partial charge in [0.1, 0.15) is 12.3 Å². The standard InChI is InChI=1S/C22H24F3N5O2S/c1-32-20-11-15(33-27)7-8-18(20)28-9-3-4-14-10-16-17(29-12-21(26)31)5-2-6-19(16)30(14)13-22(23,24)25/h2,5-8,11,14,28-29H,9-10,12-13,27H2,1H3,(H2,26,31). The summed E-state index contributed by atoms with van der Waals surface area (Å²) in [4.78, 5) is 13.2. The van der Waals surface area contributed by atoms with E-state index < -0.39 is 24.7 Å². The van der Waals surface area contributed by atoms with Crippen LogP contribution in [0.2, 0.25) is 0 Å². The van der Waals surface area contributed by atoms with E-state index in [-0.39, 0.29) is 19.5 Å². The molecule has 1 amide bonds. The lowest BCUT2D eigenvalue weighted by molar-refractivity contribution is -0.120. The number of anilines is 3. The van der Waals surface area contributed by atoms with E-state index in [2.05, 4.69) is 22.5 Å². The van der Waals surface area contributed by atoms with Gasteiger partial charge < -0.3 is 26.0 Å². The number of carbonyl (C=O) groups excluding carboxylic acids is 1. The number of ether oxygens (including phenoxy) is 1. The van der Waals surface area contributed by atoms with Crippen molar-refractivity contribution < 1.29 is 22.7 Å². The Bertz CT molecular complexity index is 1070. The molecule has 11 heteroatoms. The Morgan fingerprint density at radius 3 is 2.73 bits per heavy atom. The number of methoxy groups -OCH3 is 1. The summed E-state index contributed by atoms with van der Waals surface area (Å²) in [6.07, 6.45) is -4.11. The molecule has 3 rings (SSSR count). The molecule has 1 aliphatic rings. The Labute approximate surface area is 194 Å². The predicted octanol–water partition coefficient (Wildman–Crippen LogP) is 2.97. The van der Waals surface area contributed by atoms with Crippen LogP contribution < -0.4 is 31.1 Å². The molecular weight excluding hydrogens is 455 g/mol. The van der Waals surface area contributed by atoms with Crippen molar-refractivity contribution in [3.05, 3.63) is 42.0 Å². The van der Waals surface area contributed by atoms with Crippen molar-refractivity contribution in [1.29, 1.82) is 0 Å². The van der Waals surface area contributed by atoms with Crippen LogP contribution in [0.15, 0.2) is 41.3 Å². The fourth-order valence-electron chi connectivity index (χ4n) is 3.59. The minimum absolute atomic E-state index is 0.112. The second-order valence-electron chi connectivity index (χ2n) is 7.24. The summed E-state index contributed by atoms with van der Waals surface area (Å²) in [6.45, 7) is -1.03. The van der Waals surface area contributed by atoms with Crippen molar-refractivity contribution in [3.8, 4) is 17.6 Å². The highest BCUT2D eigenvalue weighted by molar-refractivity contribution is 7.97. The number of fused-ring (bicyclic) bond motifs is 1. The number of carbonyl (C=O) groups is 1. The number of hydrogen-bond acceptors (Lipinski definition) is 7. The summed E-state index contributed by atoms with van der Waals surface area (Å²) in [5, 5.41) is 11.6. The molecule has 0 aliphatic carbocycles. The summed E-state index contributed by atoms with van der Waals surface area (Å²) >= 11 is 1.09. The molecule has 1 aliphatic heterocycles. The summed E-state index contributed by atoms with van der Waals surface area (Å²) < 4.78 is 45.2. The molecule has 0 saturated carbocycles. The second kappa shape index (κ2) is 10.6. The van der Waals surface area contributed by atoms with Crippen LogP contribution in [0.5, 0.6) is 5.75 Å². The van der Waals surface area contributed by atoms with Gasteiger partial charge in [-0.1, -0.05) is 17.9 Å². The van der Waals surface area contributed by atoms with Crippen molar-refractivity contribution in [2.75, 3.05) is 42.3 Å². The molecule has 1 unspecified atom stereocenters. The molecule has 1 atom stereocenters. The van der Waals surface area contributed by atoms with Crippen LogP contribution in [0, 0.1) is 11.8 Å². The molecule has 0 spiro atoms. The van der Waals surface area contributed by atoms with Gasteiger partial charge >= 0.3 is 6.18 Å². The van der Waals surface area contributed by atoms with Crippen molar-refractivity contribution in [2.45, 2.75) is 23.5 Å². The number of nitrogens with two attached hydrogens (primary N) is 2. The average Bonchev–Trinajstić information content (AvgIpc) is 3.11. The van der Waals surface area contributed by atoms with Gasteiger partial charge in [0, 0.05) is 28.3 Å². The first-order chi connectivity index (χ1) is 15.7. The molecule has 0 radical (unpaired) electrons. The lowest BCUT2D eigenvalue weighted by Crippen LogP contribution is -2.39. The number of primary amides is 1. The molecule has 1 heterocycles. The smallest absolute Gasteiger partial charge is 0.405 e. The normalized spacial score (nSPS) is 14.8. The fourth-order valence-corrected chi connectivity index (χ4v) is 3.92. The highest BCUT2D eigenvalue weighted by Gasteiger charge is 2.38. The Hall–Kier alpha value is -3.23. The van der Waals surface area contributed by atoms with Gasteiger partial charge in [0.05, 0.1) is 31.9 Å². The van der Waals surface area contributed by atoms with E-state index in [0.717, 1.165) is 16.8 Å². The fraction of sp³-hybridized carbons (Fsp3) is 0.318. The summed E-state index contributed by atoms with van der Waals surface area (Å²) in [5.74, 6) is 5.90. The van der Waals surface area contributed by atoms with Gasteiger partial charge in [-0.2, -0.15) is 13.2 Å². The lowest BCUT2D eigenvalue weighted by Gasteiger charge is -2.25. The molecule has 0 saturated heterocycles.